The Labute approximate surface area is 111 Å². The van der Waals surface area contributed by atoms with Crippen molar-refractivity contribution in [3.63, 3.8) is 0 Å². The summed E-state index contributed by atoms with van der Waals surface area (Å²) in [4.78, 5) is 5.55. The van der Waals surface area contributed by atoms with E-state index >= 15 is 0 Å². The minimum atomic E-state index is 0.211. The van der Waals surface area contributed by atoms with E-state index in [1.54, 1.807) is 11.3 Å². The summed E-state index contributed by atoms with van der Waals surface area (Å²) in [7, 11) is 0. The highest BCUT2D eigenvalue weighted by molar-refractivity contribution is 7.11. The van der Waals surface area contributed by atoms with Crippen LogP contribution in [0.3, 0.4) is 0 Å². The van der Waals surface area contributed by atoms with Crippen molar-refractivity contribution in [3.05, 3.63) is 51.5 Å². The summed E-state index contributed by atoms with van der Waals surface area (Å²) in [5.41, 5.74) is 1.83. The standard InChI is InChI=1S/C14H15N3S/c1-10-8-17-14(18-10)9-16-11(2)13-5-3-4-12(6-13)7-15/h3-6,8,11,16H,9H2,1-2H3. The Kier molecular flexibility index (Phi) is 4.08. The molecule has 0 saturated carbocycles. The number of benzene rings is 1. The molecule has 0 aliphatic heterocycles. The zero-order valence-corrected chi connectivity index (χ0v) is 11.3. The lowest BCUT2D eigenvalue weighted by Crippen LogP contribution is -2.17. The number of thiazole rings is 1. The van der Waals surface area contributed by atoms with Crippen molar-refractivity contribution in [2.75, 3.05) is 0 Å². The smallest absolute Gasteiger partial charge is 0.107 e. The number of nitrogens with one attached hydrogen (secondary N) is 1. The molecule has 0 radical (unpaired) electrons. The first kappa shape index (κ1) is 12.7. The molecule has 1 heterocycles. The van der Waals surface area contributed by atoms with Gasteiger partial charge in [-0.3, -0.25) is 0 Å². The lowest BCUT2D eigenvalue weighted by molar-refractivity contribution is 0.573. The SMILES string of the molecule is Cc1cnc(CNC(C)c2cccc(C#N)c2)s1. The van der Waals surface area contributed by atoms with Gasteiger partial charge in [-0.15, -0.1) is 11.3 Å². The molecular weight excluding hydrogens is 242 g/mol. The van der Waals surface area contributed by atoms with Crippen LogP contribution < -0.4 is 5.32 Å². The van der Waals surface area contributed by atoms with E-state index in [1.807, 2.05) is 30.5 Å². The highest BCUT2D eigenvalue weighted by atomic mass is 32.1. The molecule has 0 saturated heterocycles. The largest absolute Gasteiger partial charge is 0.304 e. The van der Waals surface area contributed by atoms with Crippen LogP contribution in [-0.2, 0) is 6.54 Å². The predicted molar refractivity (Wildman–Crippen MR) is 73.3 cm³/mol. The fraction of sp³-hybridized carbons (Fsp3) is 0.286. The van der Waals surface area contributed by atoms with Gasteiger partial charge in [-0.05, 0) is 31.5 Å². The normalized spacial score (nSPS) is 12.1. The molecule has 0 bridgehead atoms. The van der Waals surface area contributed by atoms with Crippen molar-refractivity contribution in [1.29, 1.82) is 5.26 Å². The summed E-state index contributed by atoms with van der Waals surface area (Å²) in [5, 5.41) is 13.4. The molecule has 3 nitrogen and oxygen atoms in total. The molecular formula is C14H15N3S. The van der Waals surface area contributed by atoms with Gasteiger partial charge in [0.05, 0.1) is 11.6 Å². The Morgan fingerprint density at radius 1 is 1.50 bits per heavy atom. The van der Waals surface area contributed by atoms with Gasteiger partial charge in [-0.2, -0.15) is 5.26 Å². The van der Waals surface area contributed by atoms with Gasteiger partial charge >= 0.3 is 0 Å². The van der Waals surface area contributed by atoms with Gasteiger partial charge < -0.3 is 5.32 Å². The van der Waals surface area contributed by atoms with Gasteiger partial charge in [-0.1, -0.05) is 12.1 Å². The molecule has 1 N–H and O–H groups in total. The molecule has 1 aromatic heterocycles. The number of nitriles is 1. The van der Waals surface area contributed by atoms with Gasteiger partial charge in [0.15, 0.2) is 0 Å². The van der Waals surface area contributed by atoms with Crippen LogP contribution in [-0.4, -0.2) is 4.98 Å². The molecule has 1 unspecified atom stereocenters. The second kappa shape index (κ2) is 5.76. The second-order valence-electron chi connectivity index (χ2n) is 4.20. The van der Waals surface area contributed by atoms with Gasteiger partial charge in [0, 0.05) is 23.7 Å². The third-order valence-electron chi connectivity index (χ3n) is 2.74. The second-order valence-corrected chi connectivity index (χ2v) is 5.52. The Bertz CT molecular complexity index is 568. The summed E-state index contributed by atoms with van der Waals surface area (Å²) < 4.78 is 0. The van der Waals surface area contributed by atoms with Gasteiger partial charge in [0.2, 0.25) is 0 Å². The number of nitrogens with zero attached hydrogens (tertiary/aromatic N) is 2. The van der Waals surface area contributed by atoms with E-state index in [2.05, 4.69) is 30.2 Å². The Morgan fingerprint density at radius 3 is 3.00 bits per heavy atom. The Morgan fingerprint density at radius 2 is 2.33 bits per heavy atom. The molecule has 4 heteroatoms. The predicted octanol–water partition coefficient (Wildman–Crippen LogP) is 3.17. The van der Waals surface area contributed by atoms with E-state index in [1.165, 1.54) is 4.88 Å². The highest BCUT2D eigenvalue weighted by Crippen LogP contribution is 2.16. The lowest BCUT2D eigenvalue weighted by atomic mass is 10.1. The first-order valence-electron chi connectivity index (χ1n) is 5.84. The van der Waals surface area contributed by atoms with Crippen molar-refractivity contribution < 1.29 is 0 Å². The van der Waals surface area contributed by atoms with Crippen LogP contribution in [0.2, 0.25) is 0 Å². The van der Waals surface area contributed by atoms with Crippen LogP contribution in [0, 0.1) is 18.3 Å². The summed E-state index contributed by atoms with van der Waals surface area (Å²) in [5.74, 6) is 0. The Balaban J connectivity index is 1.99. The fourth-order valence-electron chi connectivity index (χ4n) is 1.72. The number of aryl methyl sites for hydroxylation is 1. The monoisotopic (exact) mass is 257 g/mol. The maximum Gasteiger partial charge on any atom is 0.107 e. The van der Waals surface area contributed by atoms with Crippen molar-refractivity contribution in [3.8, 4) is 6.07 Å². The minimum absolute atomic E-state index is 0.211. The number of hydrogen-bond donors (Lipinski definition) is 1. The molecule has 18 heavy (non-hydrogen) atoms. The minimum Gasteiger partial charge on any atom is -0.304 e. The van der Waals surface area contributed by atoms with E-state index in [-0.39, 0.29) is 6.04 Å². The Hall–Kier alpha value is -1.70. The van der Waals surface area contributed by atoms with Crippen molar-refractivity contribution in [2.45, 2.75) is 26.4 Å². The zero-order chi connectivity index (χ0) is 13.0. The summed E-state index contributed by atoms with van der Waals surface area (Å²) in [6.07, 6.45) is 1.89. The van der Waals surface area contributed by atoms with Crippen LogP contribution >= 0.6 is 11.3 Å². The van der Waals surface area contributed by atoms with Crippen molar-refractivity contribution >= 4 is 11.3 Å². The summed E-state index contributed by atoms with van der Waals surface area (Å²) in [6, 6.07) is 10.1. The van der Waals surface area contributed by atoms with E-state index < -0.39 is 0 Å². The maximum absolute atomic E-state index is 8.88. The molecule has 0 amide bonds. The molecule has 0 aliphatic carbocycles. The number of rotatable bonds is 4. The van der Waals surface area contributed by atoms with E-state index in [9.17, 15) is 0 Å². The quantitative estimate of drug-likeness (QED) is 0.915. The van der Waals surface area contributed by atoms with Crippen LogP contribution in [0.25, 0.3) is 0 Å². The topological polar surface area (TPSA) is 48.7 Å². The molecule has 2 rings (SSSR count). The molecule has 0 aliphatic rings. The first-order valence-corrected chi connectivity index (χ1v) is 6.65. The number of aromatic nitrogens is 1. The zero-order valence-electron chi connectivity index (χ0n) is 10.5. The third kappa shape index (κ3) is 3.16. The molecule has 1 aromatic carbocycles. The molecule has 1 atom stereocenters. The average molecular weight is 257 g/mol. The van der Waals surface area contributed by atoms with Gasteiger partial charge in [0.25, 0.3) is 0 Å². The van der Waals surface area contributed by atoms with Crippen LogP contribution in [0.5, 0.6) is 0 Å². The number of hydrogen-bond acceptors (Lipinski definition) is 4. The van der Waals surface area contributed by atoms with E-state index in [0.717, 1.165) is 17.1 Å². The first-order chi connectivity index (χ1) is 8.69. The van der Waals surface area contributed by atoms with Crippen LogP contribution in [0.4, 0.5) is 0 Å². The fourth-order valence-corrected chi connectivity index (χ4v) is 2.46. The molecule has 0 spiro atoms. The molecule has 0 fully saturated rings. The van der Waals surface area contributed by atoms with Crippen LogP contribution in [0.1, 0.15) is 34.0 Å². The van der Waals surface area contributed by atoms with Gasteiger partial charge in [0.1, 0.15) is 5.01 Å². The van der Waals surface area contributed by atoms with Crippen molar-refractivity contribution in [2.24, 2.45) is 0 Å². The van der Waals surface area contributed by atoms with Gasteiger partial charge in [-0.25, -0.2) is 4.98 Å². The highest BCUT2D eigenvalue weighted by Gasteiger charge is 2.06. The van der Waals surface area contributed by atoms with Crippen LogP contribution in [0.15, 0.2) is 30.5 Å². The van der Waals surface area contributed by atoms with Crippen molar-refractivity contribution in [1.82, 2.24) is 10.3 Å². The third-order valence-corrected chi connectivity index (χ3v) is 3.66. The molecule has 92 valence electrons. The summed E-state index contributed by atoms with van der Waals surface area (Å²) >= 11 is 1.71. The summed E-state index contributed by atoms with van der Waals surface area (Å²) in [6.45, 7) is 4.91. The van der Waals surface area contributed by atoms with E-state index in [4.69, 9.17) is 5.26 Å². The lowest BCUT2D eigenvalue weighted by Gasteiger charge is -2.13. The average Bonchev–Trinajstić information content (AvgIpc) is 2.82. The maximum atomic E-state index is 8.88. The molecule has 2 aromatic rings. The van der Waals surface area contributed by atoms with E-state index in [0.29, 0.717) is 5.56 Å².